The van der Waals surface area contributed by atoms with Crippen molar-refractivity contribution >= 4 is 22.6 Å². The monoisotopic (exact) mass is 287 g/mol. The number of nitrogens with zero attached hydrogens (tertiary/aromatic N) is 2. The van der Waals surface area contributed by atoms with Crippen molar-refractivity contribution in [3.05, 3.63) is 30.5 Å². The molecule has 2 heterocycles. The summed E-state index contributed by atoms with van der Waals surface area (Å²) in [7, 11) is 1.62. The first-order valence-corrected chi connectivity index (χ1v) is 6.73. The van der Waals surface area contributed by atoms with Crippen LogP contribution >= 0.6 is 0 Å². The lowest BCUT2D eigenvalue weighted by Gasteiger charge is -2.22. The van der Waals surface area contributed by atoms with Gasteiger partial charge in [-0.05, 0) is 36.1 Å². The highest BCUT2D eigenvalue weighted by atomic mass is 16.5. The minimum atomic E-state index is -1.20. The van der Waals surface area contributed by atoms with Crippen LogP contribution in [0.15, 0.2) is 30.5 Å². The maximum Gasteiger partial charge on any atom is 0.325 e. The second kappa shape index (κ2) is 4.89. The maximum atomic E-state index is 11.3. The lowest BCUT2D eigenvalue weighted by Crippen LogP contribution is -2.50. The van der Waals surface area contributed by atoms with E-state index in [4.69, 9.17) is 10.5 Å². The predicted molar refractivity (Wildman–Crippen MR) is 79.7 cm³/mol. The number of pyridine rings is 1. The van der Waals surface area contributed by atoms with Crippen LogP contribution in [0.1, 0.15) is 6.42 Å². The Kier molecular flexibility index (Phi) is 3.17. The van der Waals surface area contributed by atoms with E-state index in [2.05, 4.69) is 4.98 Å². The van der Waals surface area contributed by atoms with E-state index in [-0.39, 0.29) is 6.54 Å². The number of aliphatic carboxylic acids is 1. The van der Waals surface area contributed by atoms with Gasteiger partial charge in [0.2, 0.25) is 0 Å². The summed E-state index contributed by atoms with van der Waals surface area (Å²) in [6, 6.07) is 7.65. The van der Waals surface area contributed by atoms with Crippen LogP contribution in [0.2, 0.25) is 0 Å². The molecule has 3 rings (SSSR count). The molecule has 6 nitrogen and oxygen atoms in total. The Morgan fingerprint density at radius 2 is 2.29 bits per heavy atom. The van der Waals surface area contributed by atoms with Crippen LogP contribution in [0.25, 0.3) is 10.8 Å². The van der Waals surface area contributed by atoms with Gasteiger partial charge < -0.3 is 20.5 Å². The third kappa shape index (κ3) is 2.27. The maximum absolute atomic E-state index is 11.3. The van der Waals surface area contributed by atoms with Gasteiger partial charge in [0.25, 0.3) is 0 Å². The fourth-order valence-electron chi connectivity index (χ4n) is 2.71. The van der Waals surface area contributed by atoms with Crippen LogP contribution in [-0.2, 0) is 4.79 Å². The van der Waals surface area contributed by atoms with Gasteiger partial charge in [0, 0.05) is 24.7 Å². The average Bonchev–Trinajstić information content (AvgIpc) is 2.90. The summed E-state index contributed by atoms with van der Waals surface area (Å²) in [4.78, 5) is 17.6. The number of methoxy groups -OCH3 is 1. The molecule has 6 heteroatoms. The van der Waals surface area contributed by atoms with Crippen molar-refractivity contribution in [2.75, 3.05) is 25.1 Å². The normalized spacial score (nSPS) is 21.7. The molecule has 0 saturated carbocycles. The van der Waals surface area contributed by atoms with Crippen molar-refractivity contribution in [3.63, 3.8) is 0 Å². The van der Waals surface area contributed by atoms with Gasteiger partial charge in [-0.15, -0.1) is 0 Å². The number of ether oxygens (including phenoxy) is 1. The molecule has 1 saturated heterocycles. The van der Waals surface area contributed by atoms with E-state index >= 15 is 0 Å². The van der Waals surface area contributed by atoms with E-state index in [1.165, 1.54) is 0 Å². The number of anilines is 1. The average molecular weight is 287 g/mol. The van der Waals surface area contributed by atoms with Gasteiger partial charge in [-0.3, -0.25) is 4.79 Å². The summed E-state index contributed by atoms with van der Waals surface area (Å²) >= 11 is 0. The molecule has 1 aliphatic heterocycles. The van der Waals surface area contributed by atoms with Crippen LogP contribution in [0, 0.1) is 0 Å². The molecular formula is C15H17N3O3. The molecule has 1 aromatic heterocycles. The van der Waals surface area contributed by atoms with Gasteiger partial charge in [-0.1, -0.05) is 0 Å². The van der Waals surface area contributed by atoms with Gasteiger partial charge >= 0.3 is 5.97 Å². The molecule has 2 aromatic rings. The standard InChI is InChI=1S/C15H17N3O3/c1-21-11-2-3-12-10(8-11)4-6-17-13(12)18-7-5-15(16,9-18)14(19)20/h2-4,6,8H,5,7,9,16H2,1H3,(H,19,20). The van der Waals surface area contributed by atoms with Gasteiger partial charge in [-0.25, -0.2) is 4.98 Å². The molecule has 1 aromatic carbocycles. The Morgan fingerprint density at radius 1 is 1.48 bits per heavy atom. The van der Waals surface area contributed by atoms with Crippen LogP contribution in [0.4, 0.5) is 5.82 Å². The highest BCUT2D eigenvalue weighted by Crippen LogP contribution is 2.31. The zero-order chi connectivity index (χ0) is 15.0. The van der Waals surface area contributed by atoms with Gasteiger partial charge in [0.1, 0.15) is 17.1 Å². The number of fused-ring (bicyclic) bond motifs is 1. The Bertz CT molecular complexity index is 704. The fourth-order valence-corrected chi connectivity index (χ4v) is 2.71. The number of nitrogens with two attached hydrogens (primary N) is 1. The molecule has 3 N–H and O–H groups in total. The van der Waals surface area contributed by atoms with E-state index in [0.717, 1.165) is 22.3 Å². The number of carboxylic acids is 1. The van der Waals surface area contributed by atoms with Crippen LogP contribution in [0.3, 0.4) is 0 Å². The summed E-state index contributed by atoms with van der Waals surface area (Å²) < 4.78 is 5.22. The molecule has 1 unspecified atom stereocenters. The zero-order valence-electron chi connectivity index (χ0n) is 11.7. The summed E-state index contributed by atoms with van der Waals surface area (Å²) in [5.41, 5.74) is 4.73. The lowest BCUT2D eigenvalue weighted by atomic mass is 10.0. The van der Waals surface area contributed by atoms with Gasteiger partial charge in [0.05, 0.1) is 7.11 Å². The highest BCUT2D eigenvalue weighted by molar-refractivity contribution is 5.93. The first-order chi connectivity index (χ1) is 10.0. The molecule has 1 aliphatic rings. The van der Waals surface area contributed by atoms with E-state index in [1.807, 2.05) is 29.2 Å². The number of hydrogen-bond donors (Lipinski definition) is 2. The van der Waals surface area contributed by atoms with Gasteiger partial charge in [0.15, 0.2) is 0 Å². The summed E-state index contributed by atoms with van der Waals surface area (Å²) in [6.07, 6.45) is 2.13. The van der Waals surface area contributed by atoms with Crippen molar-refractivity contribution in [1.82, 2.24) is 4.98 Å². The molecule has 0 bridgehead atoms. The molecule has 0 radical (unpaired) electrons. The molecular weight excluding hydrogens is 270 g/mol. The third-order valence-corrected chi connectivity index (χ3v) is 3.98. The molecule has 21 heavy (non-hydrogen) atoms. The van der Waals surface area contributed by atoms with Crippen LogP contribution in [0.5, 0.6) is 5.75 Å². The van der Waals surface area contributed by atoms with Crippen molar-refractivity contribution in [2.45, 2.75) is 12.0 Å². The van der Waals surface area contributed by atoms with E-state index in [9.17, 15) is 9.90 Å². The number of hydrogen-bond acceptors (Lipinski definition) is 5. The van der Waals surface area contributed by atoms with E-state index in [1.54, 1.807) is 13.3 Å². The second-order valence-electron chi connectivity index (χ2n) is 5.35. The summed E-state index contributed by atoms with van der Waals surface area (Å²) in [5, 5.41) is 11.2. The molecule has 0 amide bonds. The SMILES string of the molecule is COc1ccc2c(N3CCC(N)(C(=O)O)C3)nccc2c1. The number of carboxylic acid groups (broad SMARTS) is 1. The smallest absolute Gasteiger partial charge is 0.325 e. The number of rotatable bonds is 3. The van der Waals surface area contributed by atoms with Crippen molar-refractivity contribution < 1.29 is 14.6 Å². The molecule has 1 atom stereocenters. The first kappa shape index (κ1) is 13.6. The largest absolute Gasteiger partial charge is 0.497 e. The molecule has 0 aliphatic carbocycles. The second-order valence-corrected chi connectivity index (χ2v) is 5.35. The van der Waals surface area contributed by atoms with E-state index < -0.39 is 11.5 Å². The first-order valence-electron chi connectivity index (χ1n) is 6.73. The number of carbonyl (C=O) groups is 1. The molecule has 0 spiro atoms. The number of aromatic nitrogens is 1. The highest BCUT2D eigenvalue weighted by Gasteiger charge is 2.42. The van der Waals surface area contributed by atoms with E-state index in [0.29, 0.717) is 13.0 Å². The van der Waals surface area contributed by atoms with Crippen molar-refractivity contribution in [1.29, 1.82) is 0 Å². The van der Waals surface area contributed by atoms with Crippen molar-refractivity contribution in [3.8, 4) is 5.75 Å². The van der Waals surface area contributed by atoms with Crippen LogP contribution in [-0.4, -0.2) is 41.8 Å². The Hall–Kier alpha value is -2.34. The Morgan fingerprint density at radius 3 is 2.95 bits per heavy atom. The van der Waals surface area contributed by atoms with Crippen molar-refractivity contribution in [2.24, 2.45) is 5.73 Å². The topological polar surface area (TPSA) is 88.7 Å². The minimum absolute atomic E-state index is 0.264. The minimum Gasteiger partial charge on any atom is -0.497 e. The van der Waals surface area contributed by atoms with Crippen LogP contribution < -0.4 is 15.4 Å². The predicted octanol–water partition coefficient (Wildman–Crippen LogP) is 1.24. The quantitative estimate of drug-likeness (QED) is 0.883. The number of benzene rings is 1. The summed E-state index contributed by atoms with van der Waals surface area (Å²) in [5.74, 6) is 0.579. The zero-order valence-corrected chi connectivity index (χ0v) is 11.7. The molecule has 1 fully saturated rings. The summed E-state index contributed by atoms with van der Waals surface area (Å²) in [6.45, 7) is 0.849. The fraction of sp³-hybridized carbons (Fsp3) is 0.333. The Labute approximate surface area is 122 Å². The van der Waals surface area contributed by atoms with Gasteiger partial charge in [-0.2, -0.15) is 0 Å². The third-order valence-electron chi connectivity index (χ3n) is 3.98. The lowest BCUT2D eigenvalue weighted by molar-refractivity contribution is -0.142. The Balaban J connectivity index is 2.00. The molecule has 110 valence electrons.